The van der Waals surface area contributed by atoms with Crippen LogP contribution in [0.1, 0.15) is 5.76 Å². The van der Waals surface area contributed by atoms with Crippen LogP contribution in [0.5, 0.6) is 0 Å². The standard InChI is InChI=1S/C5H5N5OS/c12-5-7-8-9-10(5)3-4-1-2-6-11-4/h1-2H,3H2,(H,7,9,12). The minimum atomic E-state index is 0.395. The molecule has 2 aromatic heterocycles. The van der Waals surface area contributed by atoms with Gasteiger partial charge in [-0.15, -0.1) is 0 Å². The molecule has 0 atom stereocenters. The van der Waals surface area contributed by atoms with Gasteiger partial charge >= 0.3 is 0 Å². The van der Waals surface area contributed by atoms with Crippen LogP contribution in [0.3, 0.4) is 0 Å². The molecule has 2 rings (SSSR count). The fourth-order valence-electron chi connectivity index (χ4n) is 0.798. The maximum absolute atomic E-state index is 4.87. The Kier molecular flexibility index (Phi) is 1.71. The van der Waals surface area contributed by atoms with Crippen LogP contribution >= 0.6 is 12.2 Å². The molecule has 1 N–H and O–H groups in total. The van der Waals surface area contributed by atoms with Gasteiger partial charge in [0.25, 0.3) is 0 Å². The summed E-state index contributed by atoms with van der Waals surface area (Å²) in [4.78, 5) is 0. The van der Waals surface area contributed by atoms with E-state index in [0.717, 1.165) is 0 Å². The van der Waals surface area contributed by atoms with Crippen molar-refractivity contribution in [3.63, 3.8) is 0 Å². The number of H-pyrrole nitrogens is 1. The molecule has 0 saturated heterocycles. The normalized spacial score (nSPS) is 10.3. The Morgan fingerprint density at radius 2 is 2.58 bits per heavy atom. The number of hydrogen-bond donors (Lipinski definition) is 1. The third-order valence-corrected chi connectivity index (χ3v) is 1.64. The van der Waals surface area contributed by atoms with Crippen molar-refractivity contribution >= 4 is 12.2 Å². The SMILES string of the molecule is S=c1nn[nH]n1Cc1ccno1. The monoisotopic (exact) mass is 183 g/mol. The lowest BCUT2D eigenvalue weighted by atomic mass is 10.5. The third-order valence-electron chi connectivity index (χ3n) is 1.34. The van der Waals surface area contributed by atoms with Crippen LogP contribution in [-0.2, 0) is 6.54 Å². The topological polar surface area (TPSA) is 72.5 Å². The highest BCUT2D eigenvalue weighted by atomic mass is 32.1. The number of aromatic nitrogens is 5. The van der Waals surface area contributed by atoms with E-state index in [-0.39, 0.29) is 0 Å². The number of aromatic amines is 1. The number of hydrogen-bond acceptors (Lipinski definition) is 5. The summed E-state index contributed by atoms with van der Waals surface area (Å²) < 4.78 is 6.84. The number of nitrogens with zero attached hydrogens (tertiary/aromatic N) is 4. The van der Waals surface area contributed by atoms with Crippen LogP contribution in [0.25, 0.3) is 0 Å². The molecule has 12 heavy (non-hydrogen) atoms. The molecule has 0 aliphatic heterocycles. The number of rotatable bonds is 2. The molecule has 2 heterocycles. The molecule has 0 spiro atoms. The Hall–Kier alpha value is -1.50. The van der Waals surface area contributed by atoms with Crippen LogP contribution < -0.4 is 0 Å². The lowest BCUT2D eigenvalue weighted by Crippen LogP contribution is -2.00. The molecule has 7 heteroatoms. The second-order valence-electron chi connectivity index (χ2n) is 2.15. The van der Waals surface area contributed by atoms with E-state index >= 15 is 0 Å². The first-order valence-corrected chi connectivity index (χ1v) is 3.64. The lowest BCUT2D eigenvalue weighted by Gasteiger charge is -1.93. The molecular formula is C5H5N5OS. The fourth-order valence-corrected chi connectivity index (χ4v) is 0.945. The Morgan fingerprint density at radius 1 is 1.67 bits per heavy atom. The van der Waals surface area contributed by atoms with Gasteiger partial charge in [-0.2, -0.15) is 5.21 Å². The first-order chi connectivity index (χ1) is 5.86. The fraction of sp³-hybridized carbons (Fsp3) is 0.200. The first-order valence-electron chi connectivity index (χ1n) is 3.24. The predicted octanol–water partition coefficient (Wildman–Crippen LogP) is 0.372. The summed E-state index contributed by atoms with van der Waals surface area (Å²) in [5, 5.41) is 13.3. The second kappa shape index (κ2) is 2.86. The Balaban J connectivity index is 2.25. The van der Waals surface area contributed by atoms with Crippen LogP contribution in [0.4, 0.5) is 0 Å². The highest BCUT2D eigenvalue weighted by molar-refractivity contribution is 7.71. The van der Waals surface area contributed by atoms with E-state index in [0.29, 0.717) is 17.1 Å². The highest BCUT2D eigenvalue weighted by Gasteiger charge is 2.00. The second-order valence-corrected chi connectivity index (χ2v) is 2.51. The molecule has 0 bridgehead atoms. The van der Waals surface area contributed by atoms with Crippen molar-refractivity contribution in [2.24, 2.45) is 0 Å². The van der Waals surface area contributed by atoms with Crippen molar-refractivity contribution in [3.05, 3.63) is 22.8 Å². The van der Waals surface area contributed by atoms with E-state index in [1.807, 2.05) is 0 Å². The molecule has 0 fully saturated rings. The molecule has 0 aliphatic carbocycles. The highest BCUT2D eigenvalue weighted by Crippen LogP contribution is 1.98. The van der Waals surface area contributed by atoms with E-state index in [2.05, 4.69) is 20.7 Å². The van der Waals surface area contributed by atoms with Gasteiger partial charge in [0.05, 0.1) is 6.20 Å². The van der Waals surface area contributed by atoms with Crippen molar-refractivity contribution < 1.29 is 4.52 Å². The zero-order valence-electron chi connectivity index (χ0n) is 5.97. The average Bonchev–Trinajstić information content (AvgIpc) is 2.65. The maximum atomic E-state index is 4.87. The van der Waals surface area contributed by atoms with Crippen molar-refractivity contribution in [2.45, 2.75) is 6.54 Å². The minimum Gasteiger partial charge on any atom is -0.359 e. The van der Waals surface area contributed by atoms with E-state index in [9.17, 15) is 0 Å². The summed E-state index contributed by atoms with van der Waals surface area (Å²) in [6, 6.07) is 1.75. The molecule has 0 aliphatic rings. The molecule has 0 radical (unpaired) electrons. The zero-order valence-corrected chi connectivity index (χ0v) is 6.78. The molecule has 62 valence electrons. The van der Waals surface area contributed by atoms with Gasteiger partial charge in [-0.25, -0.2) is 4.68 Å². The van der Waals surface area contributed by atoms with Gasteiger partial charge in [0, 0.05) is 6.07 Å². The maximum Gasteiger partial charge on any atom is 0.238 e. The molecule has 0 aromatic carbocycles. The van der Waals surface area contributed by atoms with E-state index in [1.165, 1.54) is 0 Å². The summed E-state index contributed by atoms with van der Waals surface area (Å²) >= 11 is 4.85. The summed E-state index contributed by atoms with van der Waals surface area (Å²) in [6.07, 6.45) is 1.57. The van der Waals surface area contributed by atoms with Gasteiger partial charge in [-0.3, -0.25) is 0 Å². The molecule has 0 amide bonds. The smallest absolute Gasteiger partial charge is 0.238 e. The van der Waals surface area contributed by atoms with Gasteiger partial charge in [-0.05, 0) is 12.2 Å². The van der Waals surface area contributed by atoms with Crippen LogP contribution in [0, 0.1) is 4.77 Å². The van der Waals surface area contributed by atoms with Crippen molar-refractivity contribution in [1.29, 1.82) is 0 Å². The molecular weight excluding hydrogens is 178 g/mol. The van der Waals surface area contributed by atoms with Crippen LogP contribution in [0.15, 0.2) is 16.8 Å². The summed E-state index contributed by atoms with van der Waals surface area (Å²) in [5.74, 6) is 0.706. The van der Waals surface area contributed by atoms with Gasteiger partial charge < -0.3 is 4.52 Å². The van der Waals surface area contributed by atoms with Crippen LogP contribution in [0.2, 0.25) is 0 Å². The third kappa shape index (κ3) is 1.26. The van der Waals surface area contributed by atoms with E-state index in [1.54, 1.807) is 16.9 Å². The van der Waals surface area contributed by atoms with Gasteiger partial charge in [-0.1, -0.05) is 15.5 Å². The molecule has 0 saturated carbocycles. The quantitative estimate of drug-likeness (QED) is 0.681. The molecule has 0 unspecified atom stereocenters. The number of tetrazole rings is 1. The number of nitrogens with one attached hydrogen (secondary N) is 1. The predicted molar refractivity (Wildman–Crippen MR) is 40.8 cm³/mol. The Morgan fingerprint density at radius 3 is 3.17 bits per heavy atom. The van der Waals surface area contributed by atoms with Gasteiger partial charge in [0.15, 0.2) is 5.76 Å². The first kappa shape index (κ1) is 7.17. The van der Waals surface area contributed by atoms with Gasteiger partial charge in [0.1, 0.15) is 6.54 Å². The largest absolute Gasteiger partial charge is 0.359 e. The summed E-state index contributed by atoms with van der Waals surface area (Å²) in [5.41, 5.74) is 0. The van der Waals surface area contributed by atoms with E-state index < -0.39 is 0 Å². The summed E-state index contributed by atoms with van der Waals surface area (Å²) in [6.45, 7) is 0.478. The van der Waals surface area contributed by atoms with Crippen LogP contribution in [-0.4, -0.2) is 25.4 Å². The van der Waals surface area contributed by atoms with E-state index in [4.69, 9.17) is 16.7 Å². The van der Waals surface area contributed by atoms with Crippen molar-refractivity contribution in [2.75, 3.05) is 0 Å². The minimum absolute atomic E-state index is 0.395. The van der Waals surface area contributed by atoms with Gasteiger partial charge in [0.2, 0.25) is 4.77 Å². The Labute approximate surface area is 72.2 Å². The summed E-state index contributed by atoms with van der Waals surface area (Å²) in [7, 11) is 0. The average molecular weight is 183 g/mol. The molecule has 6 nitrogen and oxygen atoms in total. The Bertz CT molecular complexity index is 401. The zero-order chi connectivity index (χ0) is 8.39. The van der Waals surface area contributed by atoms with Crippen molar-refractivity contribution in [3.8, 4) is 0 Å². The molecule has 2 aromatic rings. The lowest BCUT2D eigenvalue weighted by molar-refractivity contribution is 0.369. The van der Waals surface area contributed by atoms with Crippen molar-refractivity contribution in [1.82, 2.24) is 25.4 Å².